The van der Waals surface area contributed by atoms with Gasteiger partial charge in [0.1, 0.15) is 18.0 Å². The summed E-state index contributed by atoms with van der Waals surface area (Å²) in [7, 11) is 0. The zero-order chi connectivity index (χ0) is 22.1. The maximum atomic E-state index is 14.6. The van der Waals surface area contributed by atoms with E-state index in [1.165, 1.54) is 17.2 Å². The molecule has 2 aromatic rings. The van der Waals surface area contributed by atoms with Crippen LogP contribution < -0.4 is 5.32 Å². The number of carbonyl (C=O) groups is 2. The van der Waals surface area contributed by atoms with Gasteiger partial charge < -0.3 is 10.2 Å². The number of nitrogens with one attached hydrogen (secondary N) is 2. The Labute approximate surface area is 179 Å². The standard InChI is InChI=1S/C22H27F2N5O2/c1-12(2)17-6-5-14(7-18(17)24)21(13-3-4-13)26-22(31)19-8-15(23)11-29(19)20(30)9-16-10-25-28-27-16/h5-7,10,12-13,15,19,21H,3-4,8-9,11H2,1-2H3,(H,26,31)(H,25,27,28)/t15-,19+,21?/m1/s1. The summed E-state index contributed by atoms with van der Waals surface area (Å²) in [5.41, 5.74) is 1.77. The fourth-order valence-corrected chi connectivity index (χ4v) is 4.23. The molecule has 1 unspecified atom stereocenters. The molecule has 0 spiro atoms. The number of aromatic nitrogens is 3. The van der Waals surface area contributed by atoms with Crippen LogP contribution >= 0.6 is 0 Å². The van der Waals surface area contributed by atoms with Crippen molar-refractivity contribution < 1.29 is 18.4 Å². The van der Waals surface area contributed by atoms with Crippen molar-refractivity contribution in [2.75, 3.05) is 6.54 Å². The highest BCUT2D eigenvalue weighted by atomic mass is 19.1. The lowest BCUT2D eigenvalue weighted by molar-refractivity contribution is -0.138. The summed E-state index contributed by atoms with van der Waals surface area (Å²) in [5.74, 6) is -0.785. The summed E-state index contributed by atoms with van der Waals surface area (Å²) in [5, 5.41) is 12.9. The van der Waals surface area contributed by atoms with Crippen molar-refractivity contribution >= 4 is 11.8 Å². The highest BCUT2D eigenvalue weighted by Crippen LogP contribution is 2.42. The van der Waals surface area contributed by atoms with Gasteiger partial charge in [0.2, 0.25) is 11.8 Å². The van der Waals surface area contributed by atoms with Crippen molar-refractivity contribution in [3.63, 3.8) is 0 Å². The summed E-state index contributed by atoms with van der Waals surface area (Å²) in [6.07, 6.45) is 1.93. The van der Waals surface area contributed by atoms with E-state index in [9.17, 15) is 18.4 Å². The van der Waals surface area contributed by atoms with Crippen LogP contribution in [0.1, 0.15) is 61.9 Å². The third kappa shape index (κ3) is 4.75. The lowest BCUT2D eigenvalue weighted by Crippen LogP contribution is -2.47. The van der Waals surface area contributed by atoms with Crippen LogP contribution in [0.3, 0.4) is 0 Å². The molecule has 0 bridgehead atoms. The summed E-state index contributed by atoms with van der Waals surface area (Å²) in [6, 6.07) is 3.85. The summed E-state index contributed by atoms with van der Waals surface area (Å²) in [6.45, 7) is 3.73. The highest BCUT2D eigenvalue weighted by molar-refractivity contribution is 5.89. The minimum atomic E-state index is -1.26. The first-order chi connectivity index (χ1) is 14.8. The number of rotatable bonds is 7. The first-order valence-corrected chi connectivity index (χ1v) is 10.7. The molecule has 1 aliphatic carbocycles. The molecule has 1 aromatic carbocycles. The van der Waals surface area contributed by atoms with Gasteiger partial charge in [0, 0.05) is 6.42 Å². The zero-order valence-electron chi connectivity index (χ0n) is 17.6. The minimum absolute atomic E-state index is 0.0472. The topological polar surface area (TPSA) is 91.0 Å². The molecule has 3 atom stereocenters. The Hall–Kier alpha value is -2.84. The maximum Gasteiger partial charge on any atom is 0.243 e. The number of hydrogen-bond donors (Lipinski definition) is 2. The van der Waals surface area contributed by atoms with Gasteiger partial charge in [-0.15, -0.1) is 0 Å². The predicted molar refractivity (Wildman–Crippen MR) is 109 cm³/mol. The van der Waals surface area contributed by atoms with Crippen molar-refractivity contribution in [2.24, 2.45) is 5.92 Å². The third-order valence-corrected chi connectivity index (χ3v) is 6.07. The predicted octanol–water partition coefficient (Wildman–Crippen LogP) is 2.82. The average Bonchev–Trinajstić information content (AvgIpc) is 3.28. The van der Waals surface area contributed by atoms with Crippen LogP contribution in [0.15, 0.2) is 24.4 Å². The number of alkyl halides is 1. The molecule has 1 saturated heterocycles. The van der Waals surface area contributed by atoms with E-state index in [4.69, 9.17) is 0 Å². The van der Waals surface area contributed by atoms with E-state index in [1.807, 2.05) is 19.9 Å². The molecule has 31 heavy (non-hydrogen) atoms. The highest BCUT2D eigenvalue weighted by Gasteiger charge is 2.42. The van der Waals surface area contributed by atoms with Gasteiger partial charge in [-0.25, -0.2) is 8.78 Å². The Bertz CT molecular complexity index is 945. The number of amides is 2. The lowest BCUT2D eigenvalue weighted by atomic mass is 9.96. The third-order valence-electron chi connectivity index (χ3n) is 6.07. The number of aromatic amines is 1. The SMILES string of the molecule is CC(C)c1ccc(C(NC(=O)[C@@H]2C[C@@H](F)CN2C(=O)Cc2cn[nH]n2)C2CC2)cc1F. The van der Waals surface area contributed by atoms with Crippen LogP contribution in [0.2, 0.25) is 0 Å². The minimum Gasteiger partial charge on any atom is -0.347 e. The largest absolute Gasteiger partial charge is 0.347 e. The van der Waals surface area contributed by atoms with Gasteiger partial charge in [-0.3, -0.25) is 9.59 Å². The Kier molecular flexibility index (Phi) is 6.02. The van der Waals surface area contributed by atoms with Crippen molar-refractivity contribution in [2.45, 2.75) is 63.7 Å². The van der Waals surface area contributed by atoms with E-state index in [0.717, 1.165) is 12.8 Å². The number of nitrogens with zero attached hydrogens (tertiary/aromatic N) is 3. The van der Waals surface area contributed by atoms with Crippen LogP contribution in [0.4, 0.5) is 8.78 Å². The molecule has 1 saturated carbocycles. The van der Waals surface area contributed by atoms with Crippen molar-refractivity contribution in [3.8, 4) is 0 Å². The van der Waals surface area contributed by atoms with Crippen LogP contribution in [0.25, 0.3) is 0 Å². The van der Waals surface area contributed by atoms with E-state index >= 15 is 0 Å². The van der Waals surface area contributed by atoms with Crippen LogP contribution in [-0.2, 0) is 16.0 Å². The molecule has 2 aliphatic rings. The Morgan fingerprint density at radius 1 is 1.32 bits per heavy atom. The Balaban J connectivity index is 1.49. The van der Waals surface area contributed by atoms with Gasteiger partial charge in [0.15, 0.2) is 0 Å². The van der Waals surface area contributed by atoms with Crippen LogP contribution in [0, 0.1) is 11.7 Å². The van der Waals surface area contributed by atoms with Crippen molar-refractivity contribution in [1.82, 2.24) is 25.6 Å². The quantitative estimate of drug-likeness (QED) is 0.705. The van der Waals surface area contributed by atoms with Gasteiger partial charge >= 0.3 is 0 Å². The molecule has 9 heteroatoms. The molecule has 1 aliphatic heterocycles. The molecule has 2 N–H and O–H groups in total. The van der Waals surface area contributed by atoms with Gasteiger partial charge in [-0.05, 0) is 41.9 Å². The fraction of sp³-hybridized carbons (Fsp3) is 0.545. The second-order valence-corrected chi connectivity index (χ2v) is 8.79. The number of hydrogen-bond acceptors (Lipinski definition) is 4. The Morgan fingerprint density at radius 3 is 2.71 bits per heavy atom. The second-order valence-electron chi connectivity index (χ2n) is 8.79. The summed E-state index contributed by atoms with van der Waals surface area (Å²) in [4.78, 5) is 27.0. The Morgan fingerprint density at radius 2 is 2.10 bits per heavy atom. The van der Waals surface area contributed by atoms with Crippen molar-refractivity contribution in [1.29, 1.82) is 0 Å². The van der Waals surface area contributed by atoms with Gasteiger partial charge in [-0.2, -0.15) is 15.4 Å². The number of carbonyl (C=O) groups excluding carboxylic acids is 2. The smallest absolute Gasteiger partial charge is 0.243 e. The molecule has 2 amide bonds. The van der Waals surface area contributed by atoms with E-state index in [1.54, 1.807) is 6.07 Å². The maximum absolute atomic E-state index is 14.6. The number of likely N-dealkylation sites (tertiary alicyclic amines) is 1. The zero-order valence-corrected chi connectivity index (χ0v) is 17.6. The number of H-pyrrole nitrogens is 1. The van der Waals surface area contributed by atoms with E-state index in [2.05, 4.69) is 20.7 Å². The van der Waals surface area contributed by atoms with E-state index in [-0.39, 0.29) is 49.0 Å². The molecule has 1 aromatic heterocycles. The lowest BCUT2D eigenvalue weighted by Gasteiger charge is -2.27. The van der Waals surface area contributed by atoms with E-state index < -0.39 is 18.1 Å². The summed E-state index contributed by atoms with van der Waals surface area (Å²) < 4.78 is 28.7. The number of benzene rings is 1. The van der Waals surface area contributed by atoms with Gasteiger partial charge in [-0.1, -0.05) is 26.0 Å². The fourth-order valence-electron chi connectivity index (χ4n) is 4.23. The molecular formula is C22H27F2N5O2. The van der Waals surface area contributed by atoms with Gasteiger partial charge in [0.25, 0.3) is 0 Å². The molecule has 166 valence electrons. The molecule has 0 radical (unpaired) electrons. The van der Waals surface area contributed by atoms with E-state index in [0.29, 0.717) is 16.8 Å². The first-order valence-electron chi connectivity index (χ1n) is 10.7. The normalized spacial score (nSPS) is 22.0. The first kappa shape index (κ1) is 21.4. The average molecular weight is 431 g/mol. The van der Waals surface area contributed by atoms with Crippen molar-refractivity contribution in [3.05, 3.63) is 47.0 Å². The second kappa shape index (κ2) is 8.72. The molecule has 7 nitrogen and oxygen atoms in total. The van der Waals surface area contributed by atoms with Crippen LogP contribution in [0.5, 0.6) is 0 Å². The molecule has 4 rings (SSSR count). The monoisotopic (exact) mass is 431 g/mol. The molecular weight excluding hydrogens is 404 g/mol. The molecule has 2 fully saturated rings. The van der Waals surface area contributed by atoms with Crippen LogP contribution in [-0.4, -0.2) is 50.9 Å². The number of halogens is 2. The molecule has 2 heterocycles. The summed E-state index contributed by atoms with van der Waals surface area (Å²) >= 11 is 0. The van der Waals surface area contributed by atoms with Gasteiger partial charge in [0.05, 0.1) is 30.9 Å².